The molecule has 1 aromatic rings. The molecule has 0 unspecified atom stereocenters. The highest BCUT2D eigenvalue weighted by molar-refractivity contribution is 6.35. The van der Waals surface area contributed by atoms with Crippen LogP contribution in [-0.4, -0.2) is 68.7 Å². The predicted octanol–water partition coefficient (Wildman–Crippen LogP) is 1.30. The van der Waals surface area contributed by atoms with Gasteiger partial charge in [-0.15, -0.1) is 6.58 Å². The molecule has 0 atom stereocenters. The fourth-order valence-corrected chi connectivity index (χ4v) is 3.19. The lowest BCUT2D eigenvalue weighted by atomic mass is 10.0. The second kappa shape index (κ2) is 7.61. The molecule has 1 aromatic carbocycles. The van der Waals surface area contributed by atoms with E-state index < -0.39 is 0 Å². The Balaban J connectivity index is 2.11. The third kappa shape index (κ3) is 3.06. The van der Waals surface area contributed by atoms with Crippen LogP contribution in [0.15, 0.2) is 36.6 Å². The third-order valence-electron chi connectivity index (χ3n) is 4.45. The summed E-state index contributed by atoms with van der Waals surface area (Å²) in [4.78, 5) is 29.0. The third-order valence-corrected chi connectivity index (χ3v) is 4.45. The van der Waals surface area contributed by atoms with Gasteiger partial charge in [-0.1, -0.05) is 12.1 Å². The van der Waals surface area contributed by atoms with E-state index in [9.17, 15) is 9.59 Å². The number of benzene rings is 1. The Morgan fingerprint density at radius 1 is 1.12 bits per heavy atom. The molecule has 2 amide bonds. The average molecular weight is 358 g/mol. The van der Waals surface area contributed by atoms with Gasteiger partial charge in [0.15, 0.2) is 11.5 Å². The minimum absolute atomic E-state index is 0.169. The van der Waals surface area contributed by atoms with Gasteiger partial charge in [-0.25, -0.2) is 0 Å². The molecule has 7 nitrogen and oxygen atoms in total. The molecule has 2 aliphatic heterocycles. The normalized spacial score (nSPS) is 17.8. The number of methoxy groups -OCH3 is 2. The molecule has 7 heteroatoms. The maximum absolute atomic E-state index is 13.0. The van der Waals surface area contributed by atoms with Gasteiger partial charge in [0.1, 0.15) is 5.70 Å². The van der Waals surface area contributed by atoms with Gasteiger partial charge < -0.3 is 19.1 Å². The fourth-order valence-electron chi connectivity index (χ4n) is 3.19. The molecule has 3 rings (SSSR count). The van der Waals surface area contributed by atoms with Crippen molar-refractivity contribution in [1.29, 1.82) is 0 Å². The first-order valence-corrected chi connectivity index (χ1v) is 8.38. The number of rotatable bonds is 6. The minimum atomic E-state index is -0.330. The summed E-state index contributed by atoms with van der Waals surface area (Å²) in [5.41, 5.74) is 1.40. The van der Waals surface area contributed by atoms with Crippen molar-refractivity contribution in [2.24, 2.45) is 0 Å². The van der Waals surface area contributed by atoms with E-state index in [1.165, 1.54) is 12.0 Å². The van der Waals surface area contributed by atoms with Crippen LogP contribution in [0.1, 0.15) is 5.56 Å². The van der Waals surface area contributed by atoms with Crippen LogP contribution in [0.2, 0.25) is 0 Å². The molecule has 0 N–H and O–H groups in total. The molecule has 2 aliphatic rings. The summed E-state index contributed by atoms with van der Waals surface area (Å²) in [6.45, 7) is 5.98. The average Bonchev–Trinajstić information content (AvgIpc) is 2.93. The second-order valence-corrected chi connectivity index (χ2v) is 5.90. The van der Waals surface area contributed by atoms with Crippen molar-refractivity contribution < 1.29 is 23.8 Å². The minimum Gasteiger partial charge on any atom is -0.493 e. The fraction of sp³-hybridized carbons (Fsp3) is 0.368. The first kappa shape index (κ1) is 18.0. The summed E-state index contributed by atoms with van der Waals surface area (Å²) in [7, 11) is 3.08. The molecular formula is C19H22N2O5. The molecule has 0 spiro atoms. The van der Waals surface area contributed by atoms with E-state index in [0.29, 0.717) is 54.6 Å². The number of ether oxygens (including phenoxy) is 3. The molecule has 1 saturated heterocycles. The Bertz CT molecular complexity index is 765. The number of carbonyl (C=O) groups excluding carboxylic acids is 2. The van der Waals surface area contributed by atoms with Gasteiger partial charge in [-0.05, 0) is 17.7 Å². The van der Waals surface area contributed by atoms with Gasteiger partial charge in [0.05, 0.1) is 33.0 Å². The Hall–Kier alpha value is -2.80. The van der Waals surface area contributed by atoms with Crippen molar-refractivity contribution in [3.63, 3.8) is 0 Å². The smallest absolute Gasteiger partial charge is 0.278 e. The van der Waals surface area contributed by atoms with Gasteiger partial charge in [-0.3, -0.25) is 14.5 Å². The van der Waals surface area contributed by atoms with E-state index in [4.69, 9.17) is 14.2 Å². The number of morpholine rings is 1. The van der Waals surface area contributed by atoms with Crippen LogP contribution in [0.5, 0.6) is 11.5 Å². The Morgan fingerprint density at radius 3 is 2.42 bits per heavy atom. The summed E-state index contributed by atoms with van der Waals surface area (Å²) >= 11 is 0. The van der Waals surface area contributed by atoms with Crippen LogP contribution in [-0.2, 0) is 14.3 Å². The van der Waals surface area contributed by atoms with Crippen molar-refractivity contribution in [3.8, 4) is 11.5 Å². The van der Waals surface area contributed by atoms with Crippen molar-refractivity contribution in [2.75, 3.05) is 47.1 Å². The van der Waals surface area contributed by atoms with Gasteiger partial charge >= 0.3 is 0 Å². The summed E-state index contributed by atoms with van der Waals surface area (Å²) in [6.07, 6.45) is 1.55. The molecule has 0 saturated carbocycles. The topological polar surface area (TPSA) is 68.3 Å². The quantitative estimate of drug-likeness (QED) is 0.564. The standard InChI is InChI=1S/C19H22N2O5/c1-4-7-21-18(22)16(13-5-6-14(24-2)15(12-13)25-3)17(19(21)23)20-8-10-26-11-9-20/h4-6,12H,1,7-11H2,2-3H3. The molecule has 0 aromatic heterocycles. The van der Waals surface area contributed by atoms with E-state index in [1.807, 2.05) is 4.90 Å². The zero-order valence-electron chi connectivity index (χ0n) is 15.0. The van der Waals surface area contributed by atoms with Crippen molar-refractivity contribution >= 4 is 17.4 Å². The molecule has 0 aliphatic carbocycles. The molecule has 1 fully saturated rings. The van der Waals surface area contributed by atoms with E-state index in [0.717, 1.165) is 0 Å². The lowest BCUT2D eigenvalue weighted by Crippen LogP contribution is -2.40. The van der Waals surface area contributed by atoms with Crippen molar-refractivity contribution in [3.05, 3.63) is 42.1 Å². The molecule has 26 heavy (non-hydrogen) atoms. The molecule has 138 valence electrons. The molecular weight excluding hydrogens is 336 g/mol. The van der Waals surface area contributed by atoms with Crippen LogP contribution < -0.4 is 9.47 Å². The summed E-state index contributed by atoms with van der Waals surface area (Å²) in [5.74, 6) is 0.427. The largest absolute Gasteiger partial charge is 0.493 e. The van der Waals surface area contributed by atoms with Crippen LogP contribution in [0.3, 0.4) is 0 Å². The lowest BCUT2D eigenvalue weighted by Gasteiger charge is -2.29. The molecule has 0 bridgehead atoms. The summed E-state index contributed by atoms with van der Waals surface area (Å²) < 4.78 is 16.0. The van der Waals surface area contributed by atoms with E-state index in [2.05, 4.69) is 6.58 Å². The predicted molar refractivity (Wildman–Crippen MR) is 95.8 cm³/mol. The monoisotopic (exact) mass is 358 g/mol. The number of amides is 2. The van der Waals surface area contributed by atoms with Crippen LogP contribution >= 0.6 is 0 Å². The van der Waals surface area contributed by atoms with Crippen molar-refractivity contribution in [2.45, 2.75) is 0 Å². The maximum atomic E-state index is 13.0. The van der Waals surface area contributed by atoms with Crippen LogP contribution in [0.25, 0.3) is 5.57 Å². The van der Waals surface area contributed by atoms with E-state index in [-0.39, 0.29) is 18.4 Å². The maximum Gasteiger partial charge on any atom is 0.278 e. The number of nitrogens with zero attached hydrogens (tertiary/aromatic N) is 2. The molecule has 0 radical (unpaired) electrons. The van der Waals surface area contributed by atoms with Crippen molar-refractivity contribution in [1.82, 2.24) is 9.80 Å². The zero-order valence-corrected chi connectivity index (χ0v) is 15.0. The number of carbonyl (C=O) groups is 2. The summed E-state index contributed by atoms with van der Waals surface area (Å²) in [5, 5.41) is 0. The van der Waals surface area contributed by atoms with Gasteiger partial charge in [0.25, 0.3) is 11.8 Å². The first-order valence-electron chi connectivity index (χ1n) is 8.38. The SMILES string of the molecule is C=CCN1C(=O)C(c2ccc(OC)c(OC)c2)=C(N2CCOCC2)C1=O. The second-order valence-electron chi connectivity index (χ2n) is 5.90. The van der Waals surface area contributed by atoms with Crippen LogP contribution in [0.4, 0.5) is 0 Å². The van der Waals surface area contributed by atoms with E-state index >= 15 is 0 Å². The highest BCUT2D eigenvalue weighted by atomic mass is 16.5. The Kier molecular flexibility index (Phi) is 5.27. The van der Waals surface area contributed by atoms with E-state index in [1.54, 1.807) is 31.4 Å². The van der Waals surface area contributed by atoms with Gasteiger partial charge in [0, 0.05) is 19.6 Å². The number of imide groups is 1. The van der Waals surface area contributed by atoms with Crippen LogP contribution in [0, 0.1) is 0 Å². The summed E-state index contributed by atoms with van der Waals surface area (Å²) in [6, 6.07) is 5.21. The molecule has 2 heterocycles. The lowest BCUT2D eigenvalue weighted by molar-refractivity contribution is -0.137. The van der Waals surface area contributed by atoms with Gasteiger partial charge in [0.2, 0.25) is 0 Å². The Morgan fingerprint density at radius 2 is 1.81 bits per heavy atom. The number of hydrogen-bond acceptors (Lipinski definition) is 6. The van der Waals surface area contributed by atoms with Gasteiger partial charge in [-0.2, -0.15) is 0 Å². The highest BCUT2D eigenvalue weighted by Gasteiger charge is 2.41. The first-order chi connectivity index (χ1) is 12.6. The number of hydrogen-bond donors (Lipinski definition) is 0. The zero-order chi connectivity index (χ0) is 18.7. The Labute approximate surface area is 152 Å². The highest BCUT2D eigenvalue weighted by Crippen LogP contribution is 2.36.